The van der Waals surface area contributed by atoms with Crippen LogP contribution in [0.25, 0.3) is 0 Å². The molecule has 1 heteroatoms. The summed E-state index contributed by atoms with van der Waals surface area (Å²) in [5, 5.41) is 6.82. The van der Waals surface area contributed by atoms with Crippen molar-refractivity contribution >= 4 is 13.3 Å². The van der Waals surface area contributed by atoms with Gasteiger partial charge in [0.05, 0.1) is 0 Å². The molecule has 0 aliphatic carbocycles. The molecule has 0 radical (unpaired) electrons. The van der Waals surface area contributed by atoms with Crippen LogP contribution in [0.2, 0.25) is 21.0 Å². The molecule has 1 spiro atoms. The van der Waals surface area contributed by atoms with Crippen molar-refractivity contribution in [3.8, 4) is 0 Å². The maximum absolute atomic E-state index is 2.50. The molecule has 0 nitrogen and oxygen atoms in total. The molecule has 4 atom stereocenters. The average molecular weight is 241 g/mol. The van der Waals surface area contributed by atoms with Gasteiger partial charge in [0.1, 0.15) is 0 Å². The molecule has 0 aromatic rings. The van der Waals surface area contributed by atoms with Gasteiger partial charge in [-0.2, -0.15) is 0 Å². The average Bonchev–Trinajstić information content (AvgIpc) is 2.39. The predicted molar refractivity (Wildman–Crippen MR) is 61.6 cm³/mol. The quantitative estimate of drug-likeness (QED) is 0.562. The molecule has 76 valence electrons. The zero-order valence-electron chi connectivity index (χ0n) is 9.64. The summed E-state index contributed by atoms with van der Waals surface area (Å²) in [5.41, 5.74) is 0. The Labute approximate surface area is 85.8 Å². The molecule has 2 aliphatic heterocycles. The second-order valence-corrected chi connectivity index (χ2v) is 15.9. The first-order chi connectivity index (χ1) is 6.02. The van der Waals surface area contributed by atoms with E-state index in [1.807, 2.05) is 0 Å². The van der Waals surface area contributed by atoms with Gasteiger partial charge in [-0.25, -0.2) is 0 Å². The maximum atomic E-state index is 2.50. The van der Waals surface area contributed by atoms with Crippen molar-refractivity contribution in [2.45, 2.75) is 48.7 Å². The molecule has 2 aliphatic rings. The molecule has 2 saturated heterocycles. The fraction of sp³-hybridized carbons (Fsp3) is 1.00. The van der Waals surface area contributed by atoms with Gasteiger partial charge in [0.25, 0.3) is 0 Å². The Morgan fingerprint density at radius 3 is 1.08 bits per heavy atom. The second-order valence-electron chi connectivity index (χ2n) is 6.23. The van der Waals surface area contributed by atoms with Crippen molar-refractivity contribution < 1.29 is 0 Å². The fourth-order valence-electron chi connectivity index (χ4n) is 4.04. The van der Waals surface area contributed by atoms with Crippen LogP contribution in [0.4, 0.5) is 0 Å². The summed E-state index contributed by atoms with van der Waals surface area (Å²) in [6.07, 6.45) is 0. The SMILES string of the molecule is C[C@@H]1[CH2][Ge]2([CH2][C@H]1C)[CH2][C@@H](C)[C@H](C)[CH2]2. The molecular weight excluding hydrogens is 217 g/mol. The third-order valence-corrected chi connectivity index (χ3v) is 17.6. The van der Waals surface area contributed by atoms with Gasteiger partial charge >= 0.3 is 85.6 Å². The summed E-state index contributed by atoms with van der Waals surface area (Å²) in [7, 11) is 0. The first-order valence-electron chi connectivity index (χ1n) is 6.02. The first-order valence-corrected chi connectivity index (χ1v) is 12.0. The van der Waals surface area contributed by atoms with E-state index in [0.717, 1.165) is 23.7 Å². The molecular formula is C12H24Ge. The summed E-state index contributed by atoms with van der Waals surface area (Å²) in [4.78, 5) is 0. The van der Waals surface area contributed by atoms with Crippen molar-refractivity contribution in [2.24, 2.45) is 23.7 Å². The molecule has 0 unspecified atom stereocenters. The monoisotopic (exact) mass is 242 g/mol. The van der Waals surface area contributed by atoms with Gasteiger partial charge < -0.3 is 0 Å². The Balaban J connectivity index is 2.08. The summed E-state index contributed by atoms with van der Waals surface area (Å²) in [6, 6.07) is 0. The number of rotatable bonds is 0. The van der Waals surface area contributed by atoms with Crippen molar-refractivity contribution in [1.29, 1.82) is 0 Å². The first kappa shape index (κ1) is 10.1. The molecule has 0 bridgehead atoms. The van der Waals surface area contributed by atoms with E-state index in [2.05, 4.69) is 27.7 Å². The van der Waals surface area contributed by atoms with E-state index in [0.29, 0.717) is 0 Å². The van der Waals surface area contributed by atoms with E-state index < -0.39 is 13.3 Å². The van der Waals surface area contributed by atoms with Gasteiger partial charge in [0.15, 0.2) is 0 Å². The van der Waals surface area contributed by atoms with Crippen LogP contribution >= 0.6 is 0 Å². The number of hydrogen-bond acceptors (Lipinski definition) is 0. The van der Waals surface area contributed by atoms with Crippen LogP contribution in [0.15, 0.2) is 0 Å². The molecule has 0 saturated carbocycles. The normalized spacial score (nSPS) is 48.9. The van der Waals surface area contributed by atoms with E-state index in [1.165, 1.54) is 0 Å². The molecule has 0 N–H and O–H groups in total. The van der Waals surface area contributed by atoms with Gasteiger partial charge in [-0.1, -0.05) is 0 Å². The standard InChI is InChI=1S/C12H24Ge/c1-9-5-13(6-10(9)2)7-11(3)12(4)8-13/h9-12H,5-8H2,1-4H3/t9-,10-,11-,12-/m1/s1. The van der Waals surface area contributed by atoms with E-state index in [4.69, 9.17) is 0 Å². The van der Waals surface area contributed by atoms with Gasteiger partial charge in [-0.3, -0.25) is 0 Å². The summed E-state index contributed by atoms with van der Waals surface area (Å²) in [6.45, 7) is 9.99. The van der Waals surface area contributed by atoms with Crippen LogP contribution in [0.3, 0.4) is 0 Å². The Kier molecular flexibility index (Phi) is 2.55. The zero-order valence-corrected chi connectivity index (χ0v) is 11.7. The minimum atomic E-state index is -1.25. The molecule has 2 rings (SSSR count). The Morgan fingerprint density at radius 2 is 0.846 bits per heavy atom. The van der Waals surface area contributed by atoms with Crippen molar-refractivity contribution in [3.63, 3.8) is 0 Å². The van der Waals surface area contributed by atoms with Crippen molar-refractivity contribution in [3.05, 3.63) is 0 Å². The van der Waals surface area contributed by atoms with Gasteiger partial charge in [0.2, 0.25) is 0 Å². The van der Waals surface area contributed by atoms with Gasteiger partial charge in [-0.15, -0.1) is 0 Å². The van der Waals surface area contributed by atoms with Crippen LogP contribution < -0.4 is 0 Å². The molecule has 2 heterocycles. The third-order valence-electron chi connectivity index (χ3n) is 4.96. The Morgan fingerprint density at radius 1 is 0.615 bits per heavy atom. The second kappa shape index (κ2) is 3.29. The van der Waals surface area contributed by atoms with Crippen LogP contribution in [-0.2, 0) is 0 Å². The summed E-state index contributed by atoms with van der Waals surface area (Å²) < 4.78 is 0. The fourth-order valence-corrected chi connectivity index (χ4v) is 21.0. The van der Waals surface area contributed by atoms with Gasteiger partial charge in [0, 0.05) is 0 Å². The van der Waals surface area contributed by atoms with Crippen molar-refractivity contribution in [2.75, 3.05) is 0 Å². The van der Waals surface area contributed by atoms with Crippen LogP contribution in [-0.4, -0.2) is 13.3 Å². The molecule has 13 heavy (non-hydrogen) atoms. The summed E-state index contributed by atoms with van der Waals surface area (Å²) >= 11 is -1.25. The summed E-state index contributed by atoms with van der Waals surface area (Å²) in [5.74, 6) is 4.27. The molecule has 0 aromatic carbocycles. The molecule has 0 aromatic heterocycles. The Bertz CT molecular complexity index is 154. The predicted octanol–water partition coefficient (Wildman–Crippen LogP) is 4.01. The molecule has 0 amide bonds. The van der Waals surface area contributed by atoms with Crippen LogP contribution in [0.5, 0.6) is 0 Å². The van der Waals surface area contributed by atoms with Crippen LogP contribution in [0, 0.1) is 23.7 Å². The van der Waals surface area contributed by atoms with Gasteiger partial charge in [-0.05, 0) is 0 Å². The molecule has 2 fully saturated rings. The number of hydrogen-bond donors (Lipinski definition) is 0. The topological polar surface area (TPSA) is 0 Å². The zero-order chi connectivity index (χ0) is 9.64. The van der Waals surface area contributed by atoms with Crippen LogP contribution in [0.1, 0.15) is 27.7 Å². The minimum absolute atomic E-state index is 1.07. The van der Waals surface area contributed by atoms with E-state index in [1.54, 1.807) is 21.0 Å². The third kappa shape index (κ3) is 1.71. The van der Waals surface area contributed by atoms with E-state index in [9.17, 15) is 0 Å². The van der Waals surface area contributed by atoms with Crippen molar-refractivity contribution in [1.82, 2.24) is 0 Å². The van der Waals surface area contributed by atoms with E-state index in [-0.39, 0.29) is 0 Å². The van der Waals surface area contributed by atoms with E-state index >= 15 is 0 Å². The Hall–Kier alpha value is 0.543.